The first kappa shape index (κ1) is 8.52. The summed E-state index contributed by atoms with van der Waals surface area (Å²) in [4.78, 5) is 0. The van der Waals surface area contributed by atoms with Crippen LogP contribution in [0.4, 0.5) is 0 Å². The third kappa shape index (κ3) is 0.826. The highest BCUT2D eigenvalue weighted by Crippen LogP contribution is 2.66. The van der Waals surface area contributed by atoms with Crippen molar-refractivity contribution in [3.05, 3.63) is 0 Å². The van der Waals surface area contributed by atoms with E-state index >= 15 is 0 Å². The highest BCUT2D eigenvalue weighted by Gasteiger charge is 2.66. The van der Waals surface area contributed by atoms with Gasteiger partial charge < -0.3 is 10.8 Å². The van der Waals surface area contributed by atoms with Crippen molar-refractivity contribution in [2.75, 3.05) is 6.54 Å². The van der Waals surface area contributed by atoms with Gasteiger partial charge in [-0.15, -0.1) is 0 Å². The molecule has 2 rings (SSSR count). The van der Waals surface area contributed by atoms with Gasteiger partial charge >= 0.3 is 0 Å². The topological polar surface area (TPSA) is 46.2 Å². The average Bonchev–Trinajstić information content (AvgIpc) is 2.81. The van der Waals surface area contributed by atoms with Crippen molar-refractivity contribution in [1.29, 1.82) is 0 Å². The van der Waals surface area contributed by atoms with E-state index in [1.54, 1.807) is 0 Å². The number of hydrogen-bond donors (Lipinski definition) is 2. The van der Waals surface area contributed by atoms with Crippen molar-refractivity contribution >= 4 is 0 Å². The Morgan fingerprint density at radius 1 is 1.33 bits per heavy atom. The fraction of sp³-hybridized carbons (Fsp3) is 1.00. The molecule has 0 spiro atoms. The lowest BCUT2D eigenvalue weighted by Gasteiger charge is -2.38. The molecule has 0 aromatic heterocycles. The van der Waals surface area contributed by atoms with Crippen LogP contribution >= 0.6 is 0 Å². The number of hydrogen-bond acceptors (Lipinski definition) is 2. The van der Waals surface area contributed by atoms with Crippen molar-refractivity contribution in [2.45, 2.75) is 45.1 Å². The molecule has 0 aromatic rings. The summed E-state index contributed by atoms with van der Waals surface area (Å²) in [5.41, 5.74) is 5.44. The molecular formula is C10H19NO. The molecule has 2 aliphatic rings. The molecule has 0 amide bonds. The number of aliphatic hydroxyl groups is 1. The molecule has 2 heteroatoms. The van der Waals surface area contributed by atoms with Gasteiger partial charge in [-0.05, 0) is 38.0 Å². The van der Waals surface area contributed by atoms with E-state index in [1.165, 1.54) is 12.8 Å². The lowest BCUT2D eigenvalue weighted by atomic mass is 9.74. The van der Waals surface area contributed by atoms with Crippen LogP contribution in [0.3, 0.4) is 0 Å². The summed E-state index contributed by atoms with van der Waals surface area (Å²) in [7, 11) is 0. The van der Waals surface area contributed by atoms with E-state index in [-0.39, 0.29) is 10.8 Å². The van der Waals surface area contributed by atoms with Crippen LogP contribution in [0.5, 0.6) is 0 Å². The largest absolute Gasteiger partial charge is 0.389 e. The van der Waals surface area contributed by atoms with Crippen LogP contribution < -0.4 is 5.73 Å². The average molecular weight is 169 g/mol. The zero-order chi connectivity index (χ0) is 9.04. The Balaban J connectivity index is 2.20. The molecule has 12 heavy (non-hydrogen) atoms. The Bertz CT molecular complexity index is 202. The molecule has 0 saturated heterocycles. The fourth-order valence-corrected chi connectivity index (χ4v) is 2.36. The van der Waals surface area contributed by atoms with Gasteiger partial charge in [0.05, 0.1) is 5.60 Å². The minimum atomic E-state index is -0.519. The maximum atomic E-state index is 10.4. The van der Waals surface area contributed by atoms with Crippen molar-refractivity contribution in [3.8, 4) is 0 Å². The Kier molecular flexibility index (Phi) is 1.45. The zero-order valence-electron chi connectivity index (χ0n) is 8.06. The van der Waals surface area contributed by atoms with Gasteiger partial charge in [0, 0.05) is 12.0 Å². The Labute approximate surface area is 74.1 Å². The second-order valence-electron chi connectivity index (χ2n) is 5.12. The Morgan fingerprint density at radius 3 is 2.08 bits per heavy atom. The Morgan fingerprint density at radius 2 is 1.83 bits per heavy atom. The Hall–Kier alpha value is -0.0800. The van der Waals surface area contributed by atoms with E-state index in [1.807, 2.05) is 6.92 Å². The molecule has 2 saturated carbocycles. The highest BCUT2D eigenvalue weighted by atomic mass is 16.3. The minimum Gasteiger partial charge on any atom is -0.389 e. The van der Waals surface area contributed by atoms with Gasteiger partial charge in [-0.3, -0.25) is 0 Å². The van der Waals surface area contributed by atoms with Crippen molar-refractivity contribution in [3.63, 3.8) is 0 Å². The van der Waals surface area contributed by atoms with Crippen molar-refractivity contribution < 1.29 is 5.11 Å². The van der Waals surface area contributed by atoms with E-state index in [0.29, 0.717) is 6.54 Å². The van der Waals surface area contributed by atoms with Gasteiger partial charge in [-0.2, -0.15) is 0 Å². The molecule has 2 nitrogen and oxygen atoms in total. The van der Waals surface area contributed by atoms with Crippen LogP contribution in [-0.2, 0) is 0 Å². The van der Waals surface area contributed by atoms with Crippen molar-refractivity contribution in [2.24, 2.45) is 16.6 Å². The van der Waals surface area contributed by atoms with Gasteiger partial charge in [0.25, 0.3) is 0 Å². The molecule has 2 fully saturated rings. The smallest absolute Gasteiger partial charge is 0.0741 e. The summed E-state index contributed by atoms with van der Waals surface area (Å²) < 4.78 is 0. The van der Waals surface area contributed by atoms with E-state index in [2.05, 4.69) is 6.92 Å². The molecule has 3 N–H and O–H groups in total. The first-order valence-corrected chi connectivity index (χ1v) is 4.90. The third-order valence-corrected chi connectivity index (χ3v) is 4.45. The second kappa shape index (κ2) is 2.05. The van der Waals surface area contributed by atoms with Crippen LogP contribution in [0.1, 0.15) is 39.5 Å². The van der Waals surface area contributed by atoms with E-state index in [9.17, 15) is 5.11 Å². The molecule has 0 heterocycles. The summed E-state index contributed by atoms with van der Waals surface area (Å²) in [6.45, 7) is 4.82. The lowest BCUT2D eigenvalue weighted by Crippen LogP contribution is -2.47. The number of rotatable bonds is 3. The summed E-state index contributed by atoms with van der Waals surface area (Å²) in [5, 5.41) is 10.4. The SMILES string of the molecule is CC1(C(C)(O)C2(CN)CC2)CC1. The van der Waals surface area contributed by atoms with Crippen LogP contribution in [0.2, 0.25) is 0 Å². The molecule has 2 aliphatic carbocycles. The highest BCUT2D eigenvalue weighted by molar-refractivity contribution is 5.17. The van der Waals surface area contributed by atoms with Gasteiger partial charge in [-0.1, -0.05) is 6.92 Å². The lowest BCUT2D eigenvalue weighted by molar-refractivity contribution is -0.0703. The molecule has 0 bridgehead atoms. The molecule has 0 radical (unpaired) electrons. The van der Waals surface area contributed by atoms with Crippen LogP contribution in [0.25, 0.3) is 0 Å². The molecule has 1 unspecified atom stereocenters. The first-order valence-electron chi connectivity index (χ1n) is 4.90. The normalized spacial score (nSPS) is 34.0. The maximum absolute atomic E-state index is 10.4. The summed E-state index contributed by atoms with van der Waals surface area (Å²) in [6, 6.07) is 0. The van der Waals surface area contributed by atoms with Crippen molar-refractivity contribution in [1.82, 2.24) is 0 Å². The molecule has 0 aliphatic heterocycles. The molecule has 1 atom stereocenters. The van der Waals surface area contributed by atoms with E-state index in [0.717, 1.165) is 12.8 Å². The minimum absolute atomic E-state index is 0.0677. The van der Waals surface area contributed by atoms with E-state index < -0.39 is 5.60 Å². The predicted molar refractivity (Wildman–Crippen MR) is 48.7 cm³/mol. The predicted octanol–water partition coefficient (Wildman–Crippen LogP) is 1.28. The van der Waals surface area contributed by atoms with Crippen LogP contribution in [0.15, 0.2) is 0 Å². The first-order chi connectivity index (χ1) is 5.47. The van der Waals surface area contributed by atoms with E-state index in [4.69, 9.17) is 5.73 Å². The maximum Gasteiger partial charge on any atom is 0.0741 e. The monoisotopic (exact) mass is 169 g/mol. The molecule has 0 aromatic carbocycles. The molecular weight excluding hydrogens is 150 g/mol. The van der Waals surface area contributed by atoms with Crippen LogP contribution in [0, 0.1) is 10.8 Å². The second-order valence-corrected chi connectivity index (χ2v) is 5.12. The van der Waals surface area contributed by atoms with Crippen LogP contribution in [-0.4, -0.2) is 17.3 Å². The summed E-state index contributed by atoms with van der Waals surface area (Å²) in [5.74, 6) is 0. The number of nitrogens with two attached hydrogens (primary N) is 1. The van der Waals surface area contributed by atoms with Gasteiger partial charge in [-0.25, -0.2) is 0 Å². The van der Waals surface area contributed by atoms with Gasteiger partial charge in [0.2, 0.25) is 0 Å². The quantitative estimate of drug-likeness (QED) is 0.668. The van der Waals surface area contributed by atoms with Gasteiger partial charge in [0.1, 0.15) is 0 Å². The molecule has 70 valence electrons. The summed E-state index contributed by atoms with van der Waals surface area (Å²) in [6.07, 6.45) is 4.57. The summed E-state index contributed by atoms with van der Waals surface area (Å²) >= 11 is 0. The van der Waals surface area contributed by atoms with Gasteiger partial charge in [0.15, 0.2) is 0 Å². The third-order valence-electron chi connectivity index (χ3n) is 4.45. The fourth-order valence-electron chi connectivity index (χ4n) is 2.36. The zero-order valence-corrected chi connectivity index (χ0v) is 8.06. The standard InChI is InChI=1S/C10H19NO/c1-8(3-4-8)9(2,12)10(7-11)5-6-10/h12H,3-7,11H2,1-2H3.